The molecule has 5 rings (SSSR count). The zero-order valence-corrected chi connectivity index (χ0v) is 16.7. The van der Waals surface area contributed by atoms with Gasteiger partial charge in [-0.1, -0.05) is 0 Å². The highest BCUT2D eigenvalue weighted by atomic mass is 19.4. The van der Waals surface area contributed by atoms with Crippen LogP contribution in [0.25, 0.3) is 22.3 Å². The monoisotopic (exact) mass is 451 g/mol. The van der Waals surface area contributed by atoms with Crippen molar-refractivity contribution in [3.63, 3.8) is 0 Å². The third-order valence-corrected chi connectivity index (χ3v) is 6.01. The Labute approximate surface area is 179 Å². The molecule has 3 aromatic heterocycles. The molecule has 4 heterocycles. The number of hydrogen-bond acceptors (Lipinski definition) is 6. The number of carbonyl (C=O) groups excluding carboxylic acids is 1. The molecular weight excluding hydrogens is 431 g/mol. The van der Waals surface area contributed by atoms with E-state index in [1.165, 1.54) is 24.7 Å². The lowest BCUT2D eigenvalue weighted by atomic mass is 9.97. The van der Waals surface area contributed by atoms with Gasteiger partial charge in [0, 0.05) is 18.0 Å². The van der Waals surface area contributed by atoms with Gasteiger partial charge < -0.3 is 15.5 Å². The van der Waals surface area contributed by atoms with Gasteiger partial charge >= 0.3 is 12.2 Å². The summed E-state index contributed by atoms with van der Waals surface area (Å²) in [5.74, 6) is -2.26. The maximum Gasteiger partial charge on any atom is 0.408 e. The van der Waals surface area contributed by atoms with E-state index < -0.39 is 30.2 Å². The number of likely N-dealkylation sites (tertiary alicyclic amines) is 1. The molecule has 2 aliphatic rings. The molecule has 1 saturated heterocycles. The number of nitrogens with zero attached hydrogens (tertiary/aromatic N) is 5. The van der Waals surface area contributed by atoms with Gasteiger partial charge in [0.1, 0.15) is 12.2 Å². The van der Waals surface area contributed by atoms with Crippen LogP contribution in [-0.2, 0) is 6.54 Å². The summed E-state index contributed by atoms with van der Waals surface area (Å²) >= 11 is 0. The SMILES string of the molecule is O=C(Nc1cn[nH]c1-c1cc2c(cn1)cnn2CC(F)(F)F)N1C(O)(O)CCCC12CC2. The number of aliphatic hydroxyl groups is 2. The number of amides is 2. The van der Waals surface area contributed by atoms with Crippen molar-refractivity contribution in [2.45, 2.75) is 56.3 Å². The van der Waals surface area contributed by atoms with Gasteiger partial charge in [-0.15, -0.1) is 0 Å². The minimum Gasteiger partial charge on any atom is -0.349 e. The Morgan fingerprint density at radius 3 is 2.69 bits per heavy atom. The Kier molecular flexibility index (Phi) is 4.47. The number of fused-ring (bicyclic) bond motifs is 1. The van der Waals surface area contributed by atoms with Crippen LogP contribution >= 0.6 is 0 Å². The summed E-state index contributed by atoms with van der Waals surface area (Å²) in [6.07, 6.45) is 2.25. The van der Waals surface area contributed by atoms with Crippen LogP contribution in [0.15, 0.2) is 24.7 Å². The van der Waals surface area contributed by atoms with Gasteiger partial charge in [-0.3, -0.25) is 19.7 Å². The molecule has 3 aromatic rings. The average Bonchev–Trinajstić information content (AvgIpc) is 3.12. The number of urea groups is 1. The smallest absolute Gasteiger partial charge is 0.349 e. The number of carbonyl (C=O) groups is 1. The van der Waals surface area contributed by atoms with Crippen LogP contribution in [0.5, 0.6) is 0 Å². The molecule has 1 saturated carbocycles. The molecule has 13 heteroatoms. The van der Waals surface area contributed by atoms with Gasteiger partial charge in [0.05, 0.1) is 34.8 Å². The van der Waals surface area contributed by atoms with Gasteiger partial charge in [-0.05, 0) is 31.7 Å². The molecule has 170 valence electrons. The van der Waals surface area contributed by atoms with E-state index in [9.17, 15) is 28.2 Å². The first-order valence-electron chi connectivity index (χ1n) is 10.1. The molecule has 1 aliphatic carbocycles. The summed E-state index contributed by atoms with van der Waals surface area (Å²) in [6.45, 7) is -1.25. The van der Waals surface area contributed by atoms with Crippen molar-refractivity contribution in [2.24, 2.45) is 0 Å². The van der Waals surface area contributed by atoms with Crippen molar-refractivity contribution in [1.82, 2.24) is 29.9 Å². The number of aromatic amines is 1. The first-order chi connectivity index (χ1) is 15.1. The van der Waals surface area contributed by atoms with Gasteiger partial charge in [-0.25, -0.2) is 4.79 Å². The Morgan fingerprint density at radius 1 is 1.19 bits per heavy atom. The quantitative estimate of drug-likeness (QED) is 0.453. The largest absolute Gasteiger partial charge is 0.408 e. The van der Waals surface area contributed by atoms with Gasteiger partial charge in [0.15, 0.2) is 0 Å². The number of hydrogen-bond donors (Lipinski definition) is 4. The summed E-state index contributed by atoms with van der Waals surface area (Å²) in [7, 11) is 0. The highest BCUT2D eigenvalue weighted by Gasteiger charge is 2.59. The highest BCUT2D eigenvalue weighted by Crippen LogP contribution is 2.52. The third-order valence-electron chi connectivity index (χ3n) is 6.01. The number of alkyl halides is 3. The molecule has 1 aliphatic heterocycles. The molecule has 0 aromatic carbocycles. The highest BCUT2D eigenvalue weighted by molar-refractivity contribution is 5.94. The molecule has 0 atom stereocenters. The lowest BCUT2D eigenvalue weighted by Gasteiger charge is -2.45. The molecule has 2 fully saturated rings. The van der Waals surface area contributed by atoms with E-state index in [-0.39, 0.29) is 29.0 Å². The summed E-state index contributed by atoms with van der Waals surface area (Å²) < 4.78 is 39.4. The second kappa shape index (κ2) is 6.90. The van der Waals surface area contributed by atoms with E-state index in [0.29, 0.717) is 31.1 Å². The fourth-order valence-electron chi connectivity index (χ4n) is 4.41. The lowest BCUT2D eigenvalue weighted by Crippen LogP contribution is -2.61. The average molecular weight is 451 g/mol. The van der Waals surface area contributed by atoms with E-state index in [4.69, 9.17) is 0 Å². The third kappa shape index (κ3) is 3.56. The van der Waals surface area contributed by atoms with Gasteiger partial charge in [0.2, 0.25) is 0 Å². The zero-order valence-electron chi connectivity index (χ0n) is 16.7. The molecule has 1 spiro atoms. The van der Waals surface area contributed by atoms with E-state index in [2.05, 4.69) is 25.6 Å². The van der Waals surface area contributed by atoms with Crippen molar-refractivity contribution < 1.29 is 28.2 Å². The lowest BCUT2D eigenvalue weighted by molar-refractivity contribution is -0.274. The topological polar surface area (TPSA) is 132 Å². The predicted molar refractivity (Wildman–Crippen MR) is 105 cm³/mol. The first kappa shape index (κ1) is 20.7. The standard InChI is InChI=1S/C19H20F3N7O3/c20-18(21,22)10-28-14-6-12(23-7-11(14)8-25-28)15-13(9-24-27-15)26-16(30)29-17(4-5-17)2-1-3-19(29,31)32/h6-9,31-32H,1-5,10H2,(H,24,27)(H,26,30). The van der Waals surface area contributed by atoms with Gasteiger partial charge in [-0.2, -0.15) is 23.4 Å². The molecular formula is C19H20F3N7O3. The number of nitrogens with one attached hydrogen (secondary N) is 2. The number of aromatic nitrogens is 5. The second-order valence-corrected chi connectivity index (χ2v) is 8.32. The van der Waals surface area contributed by atoms with Crippen molar-refractivity contribution in [3.8, 4) is 11.4 Å². The van der Waals surface area contributed by atoms with Crippen LogP contribution in [0, 0.1) is 0 Å². The summed E-state index contributed by atoms with van der Waals surface area (Å²) in [4.78, 5) is 18.3. The van der Waals surface area contributed by atoms with Crippen molar-refractivity contribution >= 4 is 22.6 Å². The zero-order chi connectivity index (χ0) is 22.7. The molecule has 0 bridgehead atoms. The van der Waals surface area contributed by atoms with E-state index in [0.717, 1.165) is 9.58 Å². The van der Waals surface area contributed by atoms with Crippen LogP contribution in [0.2, 0.25) is 0 Å². The number of anilines is 1. The molecule has 10 nitrogen and oxygen atoms in total. The Balaban J connectivity index is 1.44. The Morgan fingerprint density at radius 2 is 1.97 bits per heavy atom. The van der Waals surface area contributed by atoms with Crippen LogP contribution in [0.3, 0.4) is 0 Å². The van der Waals surface area contributed by atoms with Crippen LogP contribution < -0.4 is 5.32 Å². The molecule has 0 unspecified atom stereocenters. The number of pyridine rings is 1. The van der Waals surface area contributed by atoms with E-state index >= 15 is 0 Å². The number of halogens is 3. The first-order valence-corrected chi connectivity index (χ1v) is 10.1. The molecule has 2 amide bonds. The van der Waals surface area contributed by atoms with E-state index in [1.807, 2.05) is 0 Å². The Hall–Kier alpha value is -3.19. The predicted octanol–water partition coefficient (Wildman–Crippen LogP) is 2.57. The fourth-order valence-corrected chi connectivity index (χ4v) is 4.41. The minimum absolute atomic E-state index is 0.0435. The van der Waals surface area contributed by atoms with Gasteiger partial charge in [0.25, 0.3) is 5.91 Å². The fraction of sp³-hybridized carbons (Fsp3) is 0.474. The minimum atomic E-state index is -4.44. The Bertz CT molecular complexity index is 1180. The van der Waals surface area contributed by atoms with Crippen molar-refractivity contribution in [1.29, 1.82) is 0 Å². The summed E-state index contributed by atoms with van der Waals surface area (Å²) in [5.41, 5.74) is 0.367. The maximum atomic E-state index is 13.0. The second-order valence-electron chi connectivity index (χ2n) is 8.32. The van der Waals surface area contributed by atoms with Crippen molar-refractivity contribution in [2.75, 3.05) is 5.32 Å². The molecule has 4 N–H and O–H groups in total. The maximum absolute atomic E-state index is 13.0. The van der Waals surface area contributed by atoms with Crippen LogP contribution in [0.4, 0.5) is 23.7 Å². The van der Waals surface area contributed by atoms with Crippen LogP contribution in [-0.4, -0.2) is 63.7 Å². The number of piperidine rings is 1. The van der Waals surface area contributed by atoms with E-state index in [1.54, 1.807) is 0 Å². The normalized spacial score (nSPS) is 19.5. The molecule has 32 heavy (non-hydrogen) atoms. The summed E-state index contributed by atoms with van der Waals surface area (Å²) in [5, 5.41) is 34.2. The molecule has 0 radical (unpaired) electrons. The van der Waals surface area contributed by atoms with Crippen LogP contribution in [0.1, 0.15) is 32.1 Å². The van der Waals surface area contributed by atoms with Crippen molar-refractivity contribution in [3.05, 3.63) is 24.7 Å². The number of H-pyrrole nitrogens is 1. The number of rotatable bonds is 3. The summed E-state index contributed by atoms with van der Waals surface area (Å²) in [6, 6.07) is 0.723.